The lowest BCUT2D eigenvalue weighted by molar-refractivity contribution is 0.0997. The Bertz CT molecular complexity index is 1470. The molecule has 3 aromatic carbocycles. The van der Waals surface area contributed by atoms with E-state index >= 15 is 0 Å². The van der Waals surface area contributed by atoms with Crippen LogP contribution in [-0.2, 0) is 0 Å². The summed E-state index contributed by atoms with van der Waals surface area (Å²) in [6.07, 6.45) is 0. The van der Waals surface area contributed by atoms with Crippen LogP contribution in [0.25, 0.3) is 33.9 Å². The molecule has 0 aliphatic carbocycles. The molecule has 5 rings (SSSR count). The highest BCUT2D eigenvalue weighted by atomic mass is 35.5. The third-order valence-corrected chi connectivity index (χ3v) is 5.60. The van der Waals surface area contributed by atoms with Crippen LogP contribution < -0.4 is 5.32 Å². The first-order chi connectivity index (χ1) is 15.5. The van der Waals surface area contributed by atoms with Crippen LogP contribution in [0.4, 0.5) is 5.69 Å². The molecule has 0 fully saturated rings. The van der Waals surface area contributed by atoms with Gasteiger partial charge in [0.15, 0.2) is 11.3 Å². The summed E-state index contributed by atoms with van der Waals surface area (Å²) in [7, 11) is 0. The van der Waals surface area contributed by atoms with Crippen molar-refractivity contribution < 1.29 is 13.6 Å². The lowest BCUT2D eigenvalue weighted by atomic mass is 10.1. The Kier molecular flexibility index (Phi) is 5.04. The number of carbonyl (C=O) groups excluding carboxylic acids is 1. The predicted octanol–water partition coefficient (Wildman–Crippen LogP) is 7.28. The van der Waals surface area contributed by atoms with E-state index in [-0.39, 0.29) is 11.7 Å². The van der Waals surface area contributed by atoms with Crippen molar-refractivity contribution in [3.05, 3.63) is 94.7 Å². The molecule has 0 saturated heterocycles. The number of furan rings is 1. The van der Waals surface area contributed by atoms with E-state index in [1.54, 1.807) is 18.2 Å². The lowest BCUT2D eigenvalue weighted by Crippen LogP contribution is -2.10. The molecular weight excluding hydrogens is 424 g/mol. The number of carbonyl (C=O) groups is 1. The molecule has 0 aliphatic rings. The Hall–Kier alpha value is -3.83. The number of nitrogens with zero attached hydrogens (tertiary/aromatic N) is 1. The summed E-state index contributed by atoms with van der Waals surface area (Å²) in [6.45, 7) is 3.94. The minimum Gasteiger partial charge on any atom is -0.451 e. The van der Waals surface area contributed by atoms with E-state index in [1.807, 2.05) is 68.4 Å². The average Bonchev–Trinajstić information content (AvgIpc) is 3.43. The molecule has 2 heterocycles. The summed E-state index contributed by atoms with van der Waals surface area (Å²) in [5.74, 6) is 0.935. The van der Waals surface area contributed by atoms with Gasteiger partial charge < -0.3 is 14.2 Å². The van der Waals surface area contributed by atoms with Gasteiger partial charge in [-0.3, -0.25) is 4.79 Å². The second-order valence-electron chi connectivity index (χ2n) is 7.65. The molecule has 158 valence electrons. The molecule has 0 bridgehead atoms. The van der Waals surface area contributed by atoms with E-state index < -0.39 is 0 Å². The zero-order valence-corrected chi connectivity index (χ0v) is 18.2. The highest BCUT2D eigenvalue weighted by molar-refractivity contribution is 6.31. The van der Waals surface area contributed by atoms with E-state index in [4.69, 9.17) is 20.4 Å². The molecule has 0 atom stereocenters. The van der Waals surface area contributed by atoms with Crippen LogP contribution in [-0.4, -0.2) is 10.9 Å². The fraction of sp³-hybridized carbons (Fsp3) is 0.0769. The number of rotatable bonds is 4. The van der Waals surface area contributed by atoms with Crippen molar-refractivity contribution in [3.8, 4) is 22.8 Å². The molecule has 32 heavy (non-hydrogen) atoms. The van der Waals surface area contributed by atoms with E-state index in [2.05, 4.69) is 10.3 Å². The molecule has 0 unspecified atom stereocenters. The van der Waals surface area contributed by atoms with Gasteiger partial charge in [-0.15, -0.1) is 0 Å². The summed E-state index contributed by atoms with van der Waals surface area (Å²) in [5, 5.41) is 3.52. The zero-order valence-electron chi connectivity index (χ0n) is 17.5. The number of hydrogen-bond donors (Lipinski definition) is 1. The van der Waals surface area contributed by atoms with E-state index in [9.17, 15) is 4.79 Å². The molecule has 0 radical (unpaired) electrons. The van der Waals surface area contributed by atoms with Gasteiger partial charge in [0.1, 0.15) is 11.3 Å². The van der Waals surface area contributed by atoms with Gasteiger partial charge in [-0.2, -0.15) is 0 Å². The van der Waals surface area contributed by atoms with Gasteiger partial charge in [-0.05, 0) is 73.5 Å². The van der Waals surface area contributed by atoms with Gasteiger partial charge in [-0.1, -0.05) is 35.9 Å². The van der Waals surface area contributed by atoms with Crippen molar-refractivity contribution in [3.63, 3.8) is 0 Å². The molecular formula is C26H19ClN2O3. The molecule has 5 nitrogen and oxygen atoms in total. The molecule has 0 aliphatic heterocycles. The Labute approximate surface area is 189 Å². The number of benzene rings is 3. The summed E-state index contributed by atoms with van der Waals surface area (Å²) in [6, 6.07) is 22.3. The quantitative estimate of drug-likeness (QED) is 0.317. The van der Waals surface area contributed by atoms with Crippen molar-refractivity contribution >= 4 is 34.3 Å². The lowest BCUT2D eigenvalue weighted by Gasteiger charge is -2.05. The van der Waals surface area contributed by atoms with Gasteiger partial charge >= 0.3 is 0 Å². The maximum Gasteiger partial charge on any atom is 0.291 e. The second-order valence-corrected chi connectivity index (χ2v) is 8.06. The Morgan fingerprint density at radius 3 is 2.62 bits per heavy atom. The molecule has 6 heteroatoms. The third-order valence-electron chi connectivity index (χ3n) is 5.20. The maximum atomic E-state index is 12.7. The van der Waals surface area contributed by atoms with E-state index in [1.165, 1.54) is 0 Å². The van der Waals surface area contributed by atoms with Gasteiger partial charge in [0, 0.05) is 21.8 Å². The van der Waals surface area contributed by atoms with Gasteiger partial charge in [-0.25, -0.2) is 4.98 Å². The number of anilines is 1. The van der Waals surface area contributed by atoms with Crippen molar-refractivity contribution in [1.29, 1.82) is 0 Å². The van der Waals surface area contributed by atoms with Crippen LogP contribution in [0.3, 0.4) is 0 Å². The smallest absolute Gasteiger partial charge is 0.291 e. The van der Waals surface area contributed by atoms with Crippen LogP contribution in [0.15, 0.2) is 81.6 Å². The largest absolute Gasteiger partial charge is 0.451 e. The first-order valence-electron chi connectivity index (χ1n) is 10.1. The number of aromatic nitrogens is 1. The standard InChI is InChI=1S/C26H19ClN2O3/c1-15-6-9-21-24(12-15)32-26(29-21)18-4-3-5-19(13-18)28-25(30)23-11-10-22(31-23)17-8-7-16(2)20(27)14-17/h3-14H,1-2H3,(H,28,30). The Morgan fingerprint density at radius 1 is 0.906 bits per heavy atom. The van der Waals surface area contributed by atoms with E-state index in [0.717, 1.165) is 33.4 Å². The Morgan fingerprint density at radius 2 is 1.78 bits per heavy atom. The van der Waals surface area contributed by atoms with Crippen LogP contribution >= 0.6 is 11.6 Å². The molecule has 2 aromatic heterocycles. The summed E-state index contributed by atoms with van der Waals surface area (Å²) >= 11 is 6.21. The number of hydrogen-bond acceptors (Lipinski definition) is 4. The number of halogens is 1. The monoisotopic (exact) mass is 442 g/mol. The first-order valence-corrected chi connectivity index (χ1v) is 10.5. The van der Waals surface area contributed by atoms with Crippen LogP contribution in [0.2, 0.25) is 5.02 Å². The van der Waals surface area contributed by atoms with Gasteiger partial charge in [0.25, 0.3) is 5.91 Å². The fourth-order valence-electron chi connectivity index (χ4n) is 3.44. The van der Waals surface area contributed by atoms with Crippen molar-refractivity contribution in [1.82, 2.24) is 4.98 Å². The normalized spacial score (nSPS) is 11.1. The molecule has 0 saturated carbocycles. The topological polar surface area (TPSA) is 68.3 Å². The van der Waals surface area contributed by atoms with Crippen LogP contribution in [0, 0.1) is 13.8 Å². The van der Waals surface area contributed by atoms with Crippen molar-refractivity contribution in [2.75, 3.05) is 5.32 Å². The highest BCUT2D eigenvalue weighted by Gasteiger charge is 2.15. The summed E-state index contributed by atoms with van der Waals surface area (Å²) < 4.78 is 11.7. The highest BCUT2D eigenvalue weighted by Crippen LogP contribution is 2.29. The minimum absolute atomic E-state index is 0.208. The van der Waals surface area contributed by atoms with Gasteiger partial charge in [0.05, 0.1) is 0 Å². The van der Waals surface area contributed by atoms with Crippen LogP contribution in [0.1, 0.15) is 21.7 Å². The molecule has 5 aromatic rings. The molecule has 0 spiro atoms. The average molecular weight is 443 g/mol. The third kappa shape index (κ3) is 3.90. The fourth-order valence-corrected chi connectivity index (χ4v) is 3.62. The van der Waals surface area contributed by atoms with E-state index in [0.29, 0.717) is 22.4 Å². The molecule has 1 amide bonds. The SMILES string of the molecule is Cc1ccc2nc(-c3cccc(NC(=O)c4ccc(-c5ccc(C)c(Cl)c5)o4)c3)oc2c1. The molecule has 1 N–H and O–H groups in total. The zero-order chi connectivity index (χ0) is 22.2. The number of nitrogens with one attached hydrogen (secondary N) is 1. The predicted molar refractivity (Wildman–Crippen MR) is 126 cm³/mol. The summed E-state index contributed by atoms with van der Waals surface area (Å²) in [4.78, 5) is 17.3. The Balaban J connectivity index is 1.37. The number of amides is 1. The number of aryl methyl sites for hydroxylation is 2. The van der Waals surface area contributed by atoms with Crippen molar-refractivity contribution in [2.24, 2.45) is 0 Å². The number of oxazole rings is 1. The van der Waals surface area contributed by atoms with Crippen LogP contribution in [0.5, 0.6) is 0 Å². The summed E-state index contributed by atoms with van der Waals surface area (Å²) in [5.41, 5.74) is 5.80. The maximum absolute atomic E-state index is 12.7. The second kappa shape index (κ2) is 8.02. The van der Waals surface area contributed by atoms with Crippen molar-refractivity contribution in [2.45, 2.75) is 13.8 Å². The minimum atomic E-state index is -0.347. The first kappa shape index (κ1) is 20.1. The number of fused-ring (bicyclic) bond motifs is 1. The van der Waals surface area contributed by atoms with Gasteiger partial charge in [0.2, 0.25) is 5.89 Å².